The molecule has 4 aromatic heterocycles. The van der Waals surface area contributed by atoms with Gasteiger partial charge in [-0.1, -0.05) is 382 Å². The third-order valence-electron chi connectivity index (χ3n) is 28.7. The lowest BCUT2D eigenvalue weighted by atomic mass is 9.97. The van der Waals surface area contributed by atoms with Gasteiger partial charge in [0.25, 0.3) is 0 Å². The van der Waals surface area contributed by atoms with E-state index in [4.69, 9.17) is 0 Å². The molecule has 0 aliphatic heterocycles. The van der Waals surface area contributed by atoms with Crippen LogP contribution in [0.15, 0.2) is 570 Å². The zero-order chi connectivity index (χ0) is 95.3. The van der Waals surface area contributed by atoms with Crippen molar-refractivity contribution in [2.24, 2.45) is 0 Å². The van der Waals surface area contributed by atoms with Crippen molar-refractivity contribution < 1.29 is 0 Å². The third-order valence-corrected chi connectivity index (χ3v) is 28.7. The highest BCUT2D eigenvalue weighted by atomic mass is 15.1. The highest BCUT2D eigenvalue weighted by Crippen LogP contribution is 2.47. The van der Waals surface area contributed by atoms with Gasteiger partial charge in [-0.05, 0) is 277 Å². The molecule has 0 aliphatic rings. The lowest BCUT2D eigenvalue weighted by Gasteiger charge is -2.25. The SMILES string of the molecule is c1ccc(-c2ccc(-n3c4ccc(-c5ccc(N(c6ccccc6)c6ccccc6)cc5)cc4c4cc(-c5ccc(N(c6ccccc6)c6ccccc6)cc5)ccc43)c(-c3ccccc3)c2)cc1.c1ccc(-c2ccccc2-n2c3ccc(-c4ccc(-c5ccc(-n6c7ccccc7c7ccccc76)cc5)cc4)cc3c3cc(-c4ccc(-c5ccc(-n6c7ccccc7c7ccccc76)cc5)cc4)ccc32)cc1. The van der Waals surface area contributed by atoms with Crippen LogP contribution in [0.1, 0.15) is 0 Å². The summed E-state index contributed by atoms with van der Waals surface area (Å²) in [7, 11) is 0. The molecule has 0 aliphatic carbocycles. The van der Waals surface area contributed by atoms with Crippen molar-refractivity contribution >= 4 is 121 Å². The van der Waals surface area contributed by atoms with Crippen LogP contribution in [0, 0.1) is 0 Å². The van der Waals surface area contributed by atoms with Gasteiger partial charge >= 0.3 is 0 Å². The van der Waals surface area contributed by atoms with E-state index in [9.17, 15) is 0 Å². The summed E-state index contributed by atoms with van der Waals surface area (Å²) in [5, 5.41) is 9.92. The Kier molecular flexibility index (Phi) is 21.9. The molecule has 0 amide bonds. The summed E-state index contributed by atoms with van der Waals surface area (Å²) in [4.78, 5) is 4.62. The number of rotatable bonds is 19. The van der Waals surface area contributed by atoms with Gasteiger partial charge < -0.3 is 28.1 Å². The van der Waals surface area contributed by atoms with E-state index in [1.54, 1.807) is 0 Å². The minimum Gasteiger partial charge on any atom is -0.311 e. The molecular formula is C138H94N6. The molecule has 6 nitrogen and oxygen atoms in total. The molecule has 0 unspecified atom stereocenters. The van der Waals surface area contributed by atoms with E-state index in [1.807, 2.05) is 0 Å². The van der Waals surface area contributed by atoms with Crippen LogP contribution in [-0.4, -0.2) is 18.3 Å². The van der Waals surface area contributed by atoms with Gasteiger partial charge in [0.05, 0.1) is 55.5 Å². The molecule has 676 valence electrons. The lowest BCUT2D eigenvalue weighted by molar-refractivity contribution is 1.18. The molecule has 144 heavy (non-hydrogen) atoms. The van der Waals surface area contributed by atoms with E-state index >= 15 is 0 Å². The largest absolute Gasteiger partial charge is 0.311 e. The molecule has 0 atom stereocenters. The summed E-state index contributed by atoms with van der Waals surface area (Å²) >= 11 is 0. The number of fused-ring (bicyclic) bond motifs is 12. The molecule has 0 radical (unpaired) electrons. The van der Waals surface area contributed by atoms with Gasteiger partial charge in [-0.2, -0.15) is 0 Å². The molecule has 0 spiro atoms. The maximum atomic E-state index is 2.47. The van der Waals surface area contributed by atoms with E-state index in [1.165, 1.54) is 165 Å². The molecular weight excluding hydrogens is 1740 g/mol. The van der Waals surface area contributed by atoms with Crippen LogP contribution in [-0.2, 0) is 0 Å². The van der Waals surface area contributed by atoms with Crippen LogP contribution >= 0.6 is 0 Å². The quantitative estimate of drug-likeness (QED) is 0.0806. The maximum Gasteiger partial charge on any atom is 0.0541 e. The van der Waals surface area contributed by atoms with Gasteiger partial charge in [0.15, 0.2) is 0 Å². The number of hydrogen-bond donors (Lipinski definition) is 0. The summed E-state index contributed by atoms with van der Waals surface area (Å²) in [5.41, 5.74) is 42.1. The normalized spacial score (nSPS) is 11.5. The average molecular weight is 1840 g/mol. The zero-order valence-electron chi connectivity index (χ0n) is 79.0. The third kappa shape index (κ3) is 15.7. The summed E-state index contributed by atoms with van der Waals surface area (Å²) < 4.78 is 9.67. The van der Waals surface area contributed by atoms with Crippen molar-refractivity contribution in [1.82, 2.24) is 18.3 Å². The predicted molar refractivity (Wildman–Crippen MR) is 609 cm³/mol. The molecule has 0 bridgehead atoms. The van der Waals surface area contributed by atoms with Gasteiger partial charge in [0.2, 0.25) is 0 Å². The second-order valence-electron chi connectivity index (χ2n) is 37.0. The highest BCUT2D eigenvalue weighted by molar-refractivity contribution is 6.15. The lowest BCUT2D eigenvalue weighted by Crippen LogP contribution is -2.09. The Labute approximate surface area is 836 Å². The van der Waals surface area contributed by atoms with Crippen LogP contribution in [0.3, 0.4) is 0 Å². The minimum absolute atomic E-state index is 1.10. The Hall–Kier alpha value is -19.1. The smallest absolute Gasteiger partial charge is 0.0541 e. The summed E-state index contributed by atoms with van der Waals surface area (Å²) in [5.74, 6) is 0. The Morgan fingerprint density at radius 2 is 0.312 bits per heavy atom. The number of para-hydroxylation sites is 9. The van der Waals surface area contributed by atoms with E-state index < -0.39 is 0 Å². The summed E-state index contributed by atoms with van der Waals surface area (Å²) in [6, 6.07) is 207. The first kappa shape index (κ1) is 85.3. The molecule has 23 aromatic carbocycles. The first-order chi connectivity index (χ1) is 71.4. The van der Waals surface area contributed by atoms with Crippen molar-refractivity contribution in [3.8, 4) is 123 Å². The Morgan fingerprint density at radius 1 is 0.111 bits per heavy atom. The molecule has 4 heterocycles. The number of anilines is 6. The molecule has 6 heteroatoms. The molecule has 0 fully saturated rings. The van der Waals surface area contributed by atoms with Crippen molar-refractivity contribution in [2.75, 3.05) is 9.80 Å². The van der Waals surface area contributed by atoms with Crippen molar-refractivity contribution in [3.05, 3.63) is 570 Å². The van der Waals surface area contributed by atoms with Crippen molar-refractivity contribution in [3.63, 3.8) is 0 Å². The topological polar surface area (TPSA) is 26.2 Å². The number of nitrogens with zero attached hydrogens (tertiary/aromatic N) is 6. The van der Waals surface area contributed by atoms with Gasteiger partial charge in [0, 0.05) is 99.7 Å². The van der Waals surface area contributed by atoms with Crippen LogP contribution in [0.5, 0.6) is 0 Å². The number of benzene rings is 23. The highest BCUT2D eigenvalue weighted by Gasteiger charge is 2.25. The van der Waals surface area contributed by atoms with Crippen LogP contribution in [0.4, 0.5) is 34.1 Å². The summed E-state index contributed by atoms with van der Waals surface area (Å²) in [6.45, 7) is 0. The molecule has 27 rings (SSSR count). The predicted octanol–water partition coefficient (Wildman–Crippen LogP) is 37.7. The molecule has 27 aromatic rings. The van der Waals surface area contributed by atoms with Gasteiger partial charge in [0.1, 0.15) is 0 Å². The van der Waals surface area contributed by atoms with Gasteiger partial charge in [-0.3, -0.25) is 0 Å². The van der Waals surface area contributed by atoms with E-state index in [-0.39, 0.29) is 0 Å². The summed E-state index contributed by atoms with van der Waals surface area (Å²) in [6.07, 6.45) is 0. The number of hydrogen-bond acceptors (Lipinski definition) is 2. The fraction of sp³-hybridized carbons (Fsp3) is 0. The van der Waals surface area contributed by atoms with Gasteiger partial charge in [-0.15, -0.1) is 0 Å². The average Bonchev–Trinajstić information content (AvgIpc) is 1.55. The van der Waals surface area contributed by atoms with Gasteiger partial charge in [-0.25, -0.2) is 0 Å². The van der Waals surface area contributed by atoms with Crippen LogP contribution < -0.4 is 9.80 Å². The monoisotopic (exact) mass is 1830 g/mol. The number of aromatic nitrogens is 4. The van der Waals surface area contributed by atoms with E-state index in [0.717, 1.165) is 79.0 Å². The van der Waals surface area contributed by atoms with E-state index in [2.05, 4.69) is 598 Å². The van der Waals surface area contributed by atoms with Crippen LogP contribution in [0.2, 0.25) is 0 Å². The molecule has 0 saturated heterocycles. The molecule has 0 saturated carbocycles. The second-order valence-corrected chi connectivity index (χ2v) is 37.0. The first-order valence-corrected chi connectivity index (χ1v) is 49.4. The standard InChI is InChI=1S/C72H47N3.C66H47N3/c1-2-14-54(15-3-1)59-16-4-9-21-66(59)75-71-44-38-55(52-30-26-48(27-31-52)50-34-40-57(41-35-50)73-67-22-10-5-17-60(67)61-18-6-11-23-68(61)73)46-64(71)65-47-56(39-45-72(65)75)53-32-28-49(29-33-53)51-36-42-58(43-37-51)74-69-24-12-7-19-62(69)63-20-8-13-25-70(63)74;1-7-19-48(20-8-1)52-35-42-64(61(45-52)51-21-9-2-10-22-51)69-65-43-36-53(49-31-38-59(39-32-49)67(55-23-11-3-12-24-55)56-25-13-4-14-26-56)46-62(65)63-47-54(37-44-66(63)69)50-33-40-60(41-34-50)68(57-27-15-5-16-28-57)58-29-17-6-18-30-58/h1-47H;1-47H. The Bertz CT molecular complexity index is 8780. The fourth-order valence-corrected chi connectivity index (χ4v) is 21.7. The van der Waals surface area contributed by atoms with E-state index in [0.29, 0.717) is 0 Å². The minimum atomic E-state index is 1.10. The first-order valence-electron chi connectivity index (χ1n) is 49.4. The Balaban J connectivity index is 0.000000148. The van der Waals surface area contributed by atoms with Crippen molar-refractivity contribution in [1.29, 1.82) is 0 Å². The van der Waals surface area contributed by atoms with Crippen molar-refractivity contribution in [2.45, 2.75) is 0 Å². The Morgan fingerprint density at radius 3 is 0.632 bits per heavy atom. The van der Waals surface area contributed by atoms with Crippen LogP contribution in [0.25, 0.3) is 210 Å². The second kappa shape index (κ2) is 37.0. The molecule has 0 N–H and O–H groups in total. The fourth-order valence-electron chi connectivity index (χ4n) is 21.7. The zero-order valence-corrected chi connectivity index (χ0v) is 79.0. The maximum absolute atomic E-state index is 2.47.